The molecule has 1 nitrogen and oxygen atoms in total. The molecule has 0 fully saturated rings. The summed E-state index contributed by atoms with van der Waals surface area (Å²) in [5.41, 5.74) is 0.715. The van der Waals surface area contributed by atoms with Crippen molar-refractivity contribution in [1.29, 1.82) is 0 Å². The number of aliphatic hydroxyl groups is 1. The lowest BCUT2D eigenvalue weighted by atomic mass is 10.1. The first kappa shape index (κ1) is 15.0. The zero-order chi connectivity index (χ0) is 13.8. The SMILES string of the molecule is OC(CSc1cccc(Cl)c1)c1cc(Cl)cc(Cl)c1. The maximum Gasteiger partial charge on any atom is 0.0884 e. The van der Waals surface area contributed by atoms with Crippen LogP contribution in [0, 0.1) is 0 Å². The van der Waals surface area contributed by atoms with Crippen molar-refractivity contribution in [3.63, 3.8) is 0 Å². The largest absolute Gasteiger partial charge is 0.388 e. The first-order valence-corrected chi connectivity index (χ1v) is 7.69. The number of aliphatic hydroxyl groups excluding tert-OH is 1. The molecule has 0 aliphatic carbocycles. The molecule has 0 bridgehead atoms. The van der Waals surface area contributed by atoms with Gasteiger partial charge in [-0.1, -0.05) is 40.9 Å². The average molecular weight is 334 g/mol. The van der Waals surface area contributed by atoms with Crippen LogP contribution in [0.25, 0.3) is 0 Å². The Morgan fingerprint density at radius 2 is 1.63 bits per heavy atom. The minimum atomic E-state index is -0.625. The molecule has 0 saturated heterocycles. The zero-order valence-corrected chi connectivity index (χ0v) is 12.9. The van der Waals surface area contributed by atoms with Gasteiger partial charge in [0.1, 0.15) is 0 Å². The number of thioether (sulfide) groups is 1. The molecule has 0 radical (unpaired) electrons. The molecule has 0 aliphatic rings. The summed E-state index contributed by atoms with van der Waals surface area (Å²) in [4.78, 5) is 1.01. The molecule has 100 valence electrons. The van der Waals surface area contributed by atoms with Crippen LogP contribution in [0.5, 0.6) is 0 Å². The van der Waals surface area contributed by atoms with Crippen LogP contribution in [-0.2, 0) is 0 Å². The normalized spacial score (nSPS) is 12.4. The van der Waals surface area contributed by atoms with E-state index in [0.29, 0.717) is 26.4 Å². The van der Waals surface area contributed by atoms with Gasteiger partial charge in [-0.2, -0.15) is 0 Å². The summed E-state index contributed by atoms with van der Waals surface area (Å²) < 4.78 is 0. The van der Waals surface area contributed by atoms with Gasteiger partial charge in [0.05, 0.1) is 6.10 Å². The van der Waals surface area contributed by atoms with E-state index in [4.69, 9.17) is 34.8 Å². The van der Waals surface area contributed by atoms with Gasteiger partial charge in [-0.05, 0) is 42.0 Å². The Hall–Kier alpha value is -0.380. The average Bonchev–Trinajstić information content (AvgIpc) is 2.35. The van der Waals surface area contributed by atoms with E-state index in [1.165, 1.54) is 11.8 Å². The molecule has 2 aromatic carbocycles. The van der Waals surface area contributed by atoms with Crippen LogP contribution in [0.2, 0.25) is 15.1 Å². The second-order valence-corrected chi connectivity index (χ2v) is 6.39. The first-order chi connectivity index (χ1) is 9.04. The fourth-order valence-electron chi connectivity index (χ4n) is 1.60. The molecule has 0 aliphatic heterocycles. The number of halogens is 3. The van der Waals surface area contributed by atoms with Gasteiger partial charge in [-0.15, -0.1) is 11.8 Å². The van der Waals surface area contributed by atoms with E-state index in [-0.39, 0.29) is 0 Å². The van der Waals surface area contributed by atoms with Crippen molar-refractivity contribution in [3.05, 3.63) is 63.1 Å². The molecule has 2 aromatic rings. The Balaban J connectivity index is 2.03. The van der Waals surface area contributed by atoms with Gasteiger partial charge in [0.2, 0.25) is 0 Å². The summed E-state index contributed by atoms with van der Waals surface area (Å²) in [6.45, 7) is 0. The number of benzene rings is 2. The van der Waals surface area contributed by atoms with Gasteiger partial charge in [-0.25, -0.2) is 0 Å². The minimum absolute atomic E-state index is 0.511. The van der Waals surface area contributed by atoms with Gasteiger partial charge in [-0.3, -0.25) is 0 Å². The van der Waals surface area contributed by atoms with Gasteiger partial charge in [0.15, 0.2) is 0 Å². The van der Waals surface area contributed by atoms with E-state index in [1.54, 1.807) is 18.2 Å². The van der Waals surface area contributed by atoms with E-state index in [9.17, 15) is 5.11 Å². The molecule has 0 spiro atoms. The van der Waals surface area contributed by atoms with Gasteiger partial charge >= 0.3 is 0 Å². The third-order valence-electron chi connectivity index (χ3n) is 2.47. The summed E-state index contributed by atoms with van der Waals surface area (Å²) >= 11 is 19.3. The number of hydrogen-bond acceptors (Lipinski definition) is 2. The van der Waals surface area contributed by atoms with Crippen LogP contribution in [0.15, 0.2) is 47.4 Å². The topological polar surface area (TPSA) is 20.2 Å². The van der Waals surface area contributed by atoms with E-state index in [0.717, 1.165) is 4.90 Å². The van der Waals surface area contributed by atoms with Crippen molar-refractivity contribution in [1.82, 2.24) is 0 Å². The molecule has 1 N–H and O–H groups in total. The summed E-state index contributed by atoms with van der Waals surface area (Å²) in [5.74, 6) is 0.511. The first-order valence-electron chi connectivity index (χ1n) is 5.57. The van der Waals surface area contributed by atoms with Crippen LogP contribution >= 0.6 is 46.6 Å². The van der Waals surface area contributed by atoms with Crippen molar-refractivity contribution >= 4 is 46.6 Å². The van der Waals surface area contributed by atoms with E-state index >= 15 is 0 Å². The van der Waals surface area contributed by atoms with Gasteiger partial charge in [0.25, 0.3) is 0 Å². The summed E-state index contributed by atoms with van der Waals surface area (Å²) in [6.07, 6.45) is -0.625. The molecular formula is C14H11Cl3OS. The van der Waals surface area contributed by atoms with E-state index in [1.807, 2.05) is 24.3 Å². The zero-order valence-electron chi connectivity index (χ0n) is 9.82. The molecule has 5 heteroatoms. The maximum absolute atomic E-state index is 10.1. The third-order valence-corrected chi connectivity index (χ3v) is 4.21. The summed E-state index contributed by atoms with van der Waals surface area (Å²) in [6, 6.07) is 12.6. The van der Waals surface area contributed by atoms with Crippen molar-refractivity contribution in [2.75, 3.05) is 5.75 Å². The molecule has 0 aromatic heterocycles. The highest BCUT2D eigenvalue weighted by molar-refractivity contribution is 7.99. The van der Waals surface area contributed by atoms with Crippen LogP contribution in [0.4, 0.5) is 0 Å². The van der Waals surface area contributed by atoms with Crippen molar-refractivity contribution in [3.8, 4) is 0 Å². The van der Waals surface area contributed by atoms with Crippen LogP contribution in [0.1, 0.15) is 11.7 Å². The predicted molar refractivity (Wildman–Crippen MR) is 83.6 cm³/mol. The summed E-state index contributed by atoms with van der Waals surface area (Å²) in [7, 11) is 0. The molecule has 1 unspecified atom stereocenters. The van der Waals surface area contributed by atoms with Gasteiger partial charge in [0, 0.05) is 25.7 Å². The smallest absolute Gasteiger partial charge is 0.0884 e. The molecule has 0 saturated carbocycles. The third kappa shape index (κ3) is 4.59. The molecule has 19 heavy (non-hydrogen) atoms. The molecule has 1 atom stereocenters. The van der Waals surface area contributed by atoms with Crippen LogP contribution in [-0.4, -0.2) is 10.9 Å². The minimum Gasteiger partial charge on any atom is -0.388 e. The Labute approximate surface area is 131 Å². The fraction of sp³-hybridized carbons (Fsp3) is 0.143. The number of hydrogen-bond donors (Lipinski definition) is 1. The predicted octanol–water partition coefficient (Wildman–Crippen LogP) is 5.47. The van der Waals surface area contributed by atoms with Crippen molar-refractivity contribution in [2.24, 2.45) is 0 Å². The summed E-state index contributed by atoms with van der Waals surface area (Å²) in [5, 5.41) is 11.9. The number of rotatable bonds is 4. The maximum atomic E-state index is 10.1. The van der Waals surface area contributed by atoms with Crippen molar-refractivity contribution in [2.45, 2.75) is 11.0 Å². The fourth-order valence-corrected chi connectivity index (χ4v) is 3.32. The lowest BCUT2D eigenvalue weighted by molar-refractivity contribution is 0.204. The lowest BCUT2D eigenvalue weighted by Gasteiger charge is -2.11. The van der Waals surface area contributed by atoms with E-state index < -0.39 is 6.10 Å². The second kappa shape index (κ2) is 6.87. The van der Waals surface area contributed by atoms with Crippen LogP contribution in [0.3, 0.4) is 0 Å². The molecule has 0 amide bonds. The Morgan fingerprint density at radius 1 is 0.947 bits per heavy atom. The van der Waals surface area contributed by atoms with Gasteiger partial charge < -0.3 is 5.11 Å². The highest BCUT2D eigenvalue weighted by atomic mass is 35.5. The van der Waals surface area contributed by atoms with E-state index in [2.05, 4.69) is 0 Å². The Bertz CT molecular complexity index is 554. The Kier molecular flexibility index (Phi) is 5.43. The molecule has 0 heterocycles. The standard InChI is InChI=1S/C14H11Cl3OS/c15-10-2-1-3-13(7-10)19-8-14(18)9-4-11(16)6-12(17)5-9/h1-7,14,18H,8H2. The Morgan fingerprint density at radius 3 is 2.26 bits per heavy atom. The highest BCUT2D eigenvalue weighted by Crippen LogP contribution is 2.29. The quantitative estimate of drug-likeness (QED) is 0.748. The van der Waals surface area contributed by atoms with Crippen LogP contribution < -0.4 is 0 Å². The molecular weight excluding hydrogens is 323 g/mol. The molecule has 2 rings (SSSR count). The van der Waals surface area contributed by atoms with Crippen molar-refractivity contribution < 1.29 is 5.11 Å². The lowest BCUT2D eigenvalue weighted by Crippen LogP contribution is -2.00. The monoisotopic (exact) mass is 332 g/mol. The second-order valence-electron chi connectivity index (χ2n) is 3.99. The highest BCUT2D eigenvalue weighted by Gasteiger charge is 2.10.